The molecule has 1 aromatic heterocycles. The highest BCUT2D eigenvalue weighted by atomic mass is 35.5. The van der Waals surface area contributed by atoms with Gasteiger partial charge in [0.2, 0.25) is 33.7 Å². The summed E-state index contributed by atoms with van der Waals surface area (Å²) in [5, 5.41) is 28.8. The first-order chi connectivity index (χ1) is 39.0. The number of aromatic nitrogens is 1. The van der Waals surface area contributed by atoms with Crippen LogP contribution in [0.15, 0.2) is 52.0 Å². The van der Waals surface area contributed by atoms with E-state index in [4.69, 9.17) is 17.4 Å². The molecule has 8 rings (SSSR count). The Hall–Kier alpha value is -6.18. The number of β-amino-alcohol motifs (C(OH)–C–C–N with tert-alkyl or cyclic N) is 1. The number of carbonyl (C=O) groups excluding carboxylic acids is 7. The summed E-state index contributed by atoms with van der Waals surface area (Å²) < 4.78 is 29.5. The van der Waals surface area contributed by atoms with Crippen LogP contribution >= 0.6 is 22.9 Å². The highest BCUT2D eigenvalue weighted by Gasteiger charge is 2.48. The van der Waals surface area contributed by atoms with Crippen molar-refractivity contribution >= 4 is 91.8 Å². The minimum absolute atomic E-state index is 0.0197. The Morgan fingerprint density at radius 1 is 0.963 bits per heavy atom. The van der Waals surface area contributed by atoms with Crippen molar-refractivity contribution in [1.29, 1.82) is 0 Å². The van der Waals surface area contributed by atoms with Gasteiger partial charge in [0, 0.05) is 50.3 Å². The molecule has 6 heterocycles. The quantitative estimate of drug-likeness (QED) is 0.0227. The van der Waals surface area contributed by atoms with Crippen LogP contribution in [0.1, 0.15) is 143 Å². The summed E-state index contributed by atoms with van der Waals surface area (Å²) in [6, 6.07) is 7.64. The number of aliphatic hydroxyl groups excluding tert-OH is 1. The number of amides is 6. The first-order valence-corrected chi connectivity index (χ1v) is 31.2. The molecule has 1 unspecified atom stereocenters. The maximum absolute atomic E-state index is 14.1. The van der Waals surface area contributed by atoms with Crippen LogP contribution in [0.25, 0.3) is 10.4 Å². The average molecular weight is 1190 g/mol. The number of ketones is 1. The molecule has 6 amide bonds. The van der Waals surface area contributed by atoms with Gasteiger partial charge in [-0.1, -0.05) is 56.6 Å². The minimum Gasteiger partial charge on any atom is -0.391 e. The Balaban J connectivity index is 0.685. The SMILES string of the molecule is Cc1ncsc1-c1ccc([C@H](C)NC(=O)[C@@H]2C[C@@H](O)CN2C(=O)[C@@H](NC(=O)CCCC/C(C=NCC(=O)NCCCN2CCC(CS(=O)(=O)N3[C@@H]4CC[C@H]3CC(NC(=O)c3cc5c(cc3Cl)NC(=O)C5=O)C4)CC2)=N/N)C(C)(C)C)cc1. The van der Waals surface area contributed by atoms with E-state index >= 15 is 0 Å². The van der Waals surface area contributed by atoms with Crippen LogP contribution in [-0.4, -0.2) is 167 Å². The third kappa shape index (κ3) is 15.3. The fourth-order valence-corrected chi connectivity index (χ4v) is 15.3. The van der Waals surface area contributed by atoms with Crippen molar-refractivity contribution in [3.8, 4) is 10.4 Å². The first-order valence-electron chi connectivity index (χ1n) is 28.3. The number of rotatable bonds is 23. The smallest absolute Gasteiger partial charge is 0.296 e. The molecule has 22 nitrogen and oxygen atoms in total. The van der Waals surface area contributed by atoms with Gasteiger partial charge in [-0.25, -0.2) is 13.4 Å². The van der Waals surface area contributed by atoms with Gasteiger partial charge in [0.25, 0.3) is 17.6 Å². The molecule has 3 aromatic rings. The number of nitrogens with zero attached hydrogens (tertiary/aromatic N) is 6. The van der Waals surface area contributed by atoms with Crippen LogP contribution in [-0.2, 0) is 34.0 Å². The number of fused-ring (bicyclic) bond motifs is 3. The number of hydrazone groups is 1. The summed E-state index contributed by atoms with van der Waals surface area (Å²) in [6.07, 6.45) is 6.68. The van der Waals surface area contributed by atoms with Crippen molar-refractivity contribution in [3.05, 3.63) is 69.3 Å². The Labute approximate surface area is 488 Å². The van der Waals surface area contributed by atoms with Gasteiger partial charge in [0.05, 0.1) is 61.5 Å². The van der Waals surface area contributed by atoms with E-state index in [2.05, 4.69) is 46.6 Å². The van der Waals surface area contributed by atoms with E-state index in [1.807, 2.05) is 58.9 Å². The molecule has 0 aliphatic carbocycles. The second kappa shape index (κ2) is 27.0. The number of nitrogens with two attached hydrogens (primary N) is 1. The molecule has 82 heavy (non-hydrogen) atoms. The number of sulfonamides is 1. The zero-order valence-corrected chi connectivity index (χ0v) is 49.6. The number of aliphatic hydroxyl groups is 1. The van der Waals surface area contributed by atoms with Crippen LogP contribution in [0.2, 0.25) is 5.02 Å². The van der Waals surface area contributed by atoms with Crippen molar-refractivity contribution in [2.75, 3.05) is 50.3 Å². The molecule has 2 aromatic carbocycles. The minimum atomic E-state index is -3.56. The van der Waals surface area contributed by atoms with E-state index in [9.17, 15) is 47.1 Å². The lowest BCUT2D eigenvalue weighted by Crippen LogP contribution is -2.57. The van der Waals surface area contributed by atoms with Crippen LogP contribution in [0.4, 0.5) is 5.69 Å². The number of likely N-dealkylation sites (tertiary alicyclic amines) is 2. The number of carbonyl (C=O) groups is 7. The third-order valence-corrected chi connectivity index (χ3v) is 19.7. The van der Waals surface area contributed by atoms with Gasteiger partial charge in [-0.15, -0.1) is 11.3 Å². The van der Waals surface area contributed by atoms with E-state index in [1.54, 1.807) is 21.2 Å². The van der Waals surface area contributed by atoms with Gasteiger partial charge in [-0.3, -0.25) is 38.6 Å². The molecule has 2 bridgehead atoms. The third-order valence-electron chi connectivity index (χ3n) is 16.3. The van der Waals surface area contributed by atoms with E-state index in [0.717, 1.165) is 54.2 Å². The number of thiazole rings is 1. The van der Waals surface area contributed by atoms with Gasteiger partial charge in [-0.2, -0.15) is 9.41 Å². The molecule has 8 N–H and O–H groups in total. The molecule has 444 valence electrons. The molecule has 0 spiro atoms. The van der Waals surface area contributed by atoms with Crippen molar-refractivity contribution in [1.82, 2.24) is 40.4 Å². The van der Waals surface area contributed by atoms with Crippen molar-refractivity contribution in [2.24, 2.45) is 27.3 Å². The predicted octanol–water partition coefficient (Wildman–Crippen LogP) is 4.50. The number of halogens is 1. The molecule has 5 aliphatic heterocycles. The summed E-state index contributed by atoms with van der Waals surface area (Å²) in [5.74, 6) is 2.32. The largest absolute Gasteiger partial charge is 0.391 e. The van der Waals surface area contributed by atoms with Crippen LogP contribution in [0.3, 0.4) is 0 Å². The van der Waals surface area contributed by atoms with Gasteiger partial charge in [-0.05, 0) is 132 Å². The van der Waals surface area contributed by atoms with Crippen molar-refractivity contribution in [2.45, 2.75) is 154 Å². The maximum Gasteiger partial charge on any atom is 0.296 e. The second-order valence-electron chi connectivity index (χ2n) is 23.5. The lowest BCUT2D eigenvalue weighted by Gasteiger charge is -2.39. The van der Waals surface area contributed by atoms with E-state index in [-0.39, 0.29) is 101 Å². The Morgan fingerprint density at radius 3 is 2.32 bits per heavy atom. The number of nitrogens with one attached hydrogen (secondary N) is 5. The highest BCUT2D eigenvalue weighted by Crippen LogP contribution is 2.40. The van der Waals surface area contributed by atoms with E-state index < -0.39 is 57.1 Å². The number of aryl methyl sites for hydroxylation is 1. The number of piperidine rings is 2. The molecule has 0 radical (unpaired) electrons. The molecular weight excluding hydrogens is 1110 g/mol. The maximum atomic E-state index is 14.1. The predicted molar refractivity (Wildman–Crippen MR) is 314 cm³/mol. The molecule has 7 atom stereocenters. The summed E-state index contributed by atoms with van der Waals surface area (Å²) in [5.41, 5.74) is 4.86. The monoisotopic (exact) mass is 1190 g/mol. The van der Waals surface area contributed by atoms with Gasteiger partial charge >= 0.3 is 0 Å². The van der Waals surface area contributed by atoms with Crippen LogP contribution in [0, 0.1) is 18.3 Å². The number of anilines is 1. The lowest BCUT2D eigenvalue weighted by atomic mass is 9.85. The number of hydrogen-bond donors (Lipinski definition) is 7. The number of hydrogen-bond acceptors (Lipinski definition) is 16. The Morgan fingerprint density at radius 2 is 1.66 bits per heavy atom. The average Bonchev–Trinajstić information content (AvgIpc) is 4.41. The van der Waals surface area contributed by atoms with Gasteiger partial charge in [0.15, 0.2) is 0 Å². The zero-order chi connectivity index (χ0) is 59.0. The van der Waals surface area contributed by atoms with Crippen LogP contribution < -0.4 is 32.4 Å². The summed E-state index contributed by atoms with van der Waals surface area (Å²) in [6.45, 7) is 11.9. The lowest BCUT2D eigenvalue weighted by molar-refractivity contribution is -0.144. The number of aliphatic imine (C=N–C) groups is 1. The molecular formula is C57H77ClN12O10S2. The van der Waals surface area contributed by atoms with Crippen molar-refractivity contribution in [3.63, 3.8) is 0 Å². The van der Waals surface area contributed by atoms with Gasteiger partial charge in [0.1, 0.15) is 18.6 Å². The highest BCUT2D eigenvalue weighted by molar-refractivity contribution is 7.89. The Bertz CT molecular complexity index is 3040. The molecule has 5 aliphatic rings. The zero-order valence-electron chi connectivity index (χ0n) is 47.2. The summed E-state index contributed by atoms with van der Waals surface area (Å²) >= 11 is 7.92. The van der Waals surface area contributed by atoms with E-state index in [0.29, 0.717) is 63.6 Å². The molecule has 4 saturated heterocycles. The normalized spacial score (nSPS) is 22.5. The topological polar surface area (TPSA) is 307 Å². The number of Topliss-reactive ketones (excluding diaryl/α,β-unsaturated/α-hetero) is 1. The second-order valence-corrected chi connectivity index (χ2v) is 26.6. The summed E-state index contributed by atoms with van der Waals surface area (Å²) in [7, 11) is -3.56. The van der Waals surface area contributed by atoms with Crippen molar-refractivity contribution < 1.29 is 47.1 Å². The number of benzene rings is 2. The molecule has 0 saturated carbocycles. The van der Waals surface area contributed by atoms with Gasteiger partial charge < -0.3 is 47.3 Å². The standard InChI is InChI=1S/C57H77ClN12O10S2/c1-33(36-11-13-37(14-12-36)51-34(2)62-32-81-51)63-54(76)47-25-42(71)30-69(47)56(78)52(57(3,4)5)66-48(72)10-7-6-9-38(67-59)28-60-29-49(73)61-19-8-20-68-21-17-35(18-22-68)31-82(79,80)70-40-15-16-41(70)24-39(23-40)64-53(75)43-26-44-46(27-45(43)58)65-55(77)50(44)74/h11-14,26-28,32-33,35,39-42,47,52,71H,6-10,15-25,29-31,59H2,1-5H3,(H,61,73)(H,63,76)(H,64,75)(H,66,72)(H,65,74,77)/b60-28?,67-38-/t33-,39?,40-,41+,42+,47-,52+/m0/s1. The fraction of sp³-hybridized carbons (Fsp3) is 0.579. The molecule has 4 fully saturated rings. The van der Waals surface area contributed by atoms with E-state index in [1.165, 1.54) is 23.2 Å². The van der Waals surface area contributed by atoms with Crippen LogP contribution in [0.5, 0.6) is 0 Å². The summed E-state index contributed by atoms with van der Waals surface area (Å²) in [4.78, 5) is 104. The first kappa shape index (κ1) is 61.9. The Kier molecular flexibility index (Phi) is 20.4. The fourth-order valence-electron chi connectivity index (χ4n) is 11.9. The molecule has 25 heteroatoms. The number of unbranched alkanes of at least 4 members (excludes halogenated alkanes) is 1.